The molecule has 1 N–H and O–H groups in total. The van der Waals surface area contributed by atoms with Crippen molar-refractivity contribution in [3.05, 3.63) is 77.3 Å². The van der Waals surface area contributed by atoms with Crippen LogP contribution in [0.5, 0.6) is 0 Å². The van der Waals surface area contributed by atoms with Crippen LogP contribution in [0, 0.1) is 0 Å². The Kier molecular flexibility index (Phi) is 4.96. The second-order valence-electron chi connectivity index (χ2n) is 5.54. The number of halogens is 1. The van der Waals surface area contributed by atoms with E-state index in [2.05, 4.69) is 10.3 Å². The van der Waals surface area contributed by atoms with E-state index in [0.29, 0.717) is 17.2 Å². The van der Waals surface area contributed by atoms with Gasteiger partial charge in [0.25, 0.3) is 5.91 Å². The molecule has 2 aromatic heterocycles. The van der Waals surface area contributed by atoms with Gasteiger partial charge in [-0.2, -0.15) is 0 Å². The van der Waals surface area contributed by atoms with Crippen molar-refractivity contribution in [3.63, 3.8) is 0 Å². The molecule has 0 aliphatic rings. The molecule has 122 valence electrons. The Hall–Kier alpha value is -2.59. The highest BCUT2D eigenvalue weighted by Gasteiger charge is 2.16. The maximum Gasteiger partial charge on any atom is 0.287 e. The Morgan fingerprint density at radius 3 is 2.71 bits per heavy atom. The maximum absolute atomic E-state index is 12.3. The van der Waals surface area contributed by atoms with E-state index in [9.17, 15) is 4.79 Å². The third kappa shape index (κ3) is 3.84. The van der Waals surface area contributed by atoms with Gasteiger partial charge in [-0.05, 0) is 43.3 Å². The average Bonchev–Trinajstić information content (AvgIpc) is 3.06. The fourth-order valence-electron chi connectivity index (χ4n) is 2.44. The number of rotatable bonds is 5. The molecule has 0 saturated heterocycles. The van der Waals surface area contributed by atoms with Crippen LogP contribution < -0.4 is 5.32 Å². The fourth-order valence-corrected chi connectivity index (χ4v) is 2.67. The highest BCUT2D eigenvalue weighted by molar-refractivity contribution is 6.33. The normalized spacial score (nSPS) is 11.9. The van der Waals surface area contributed by atoms with Gasteiger partial charge in [0.05, 0.1) is 5.02 Å². The standard InChI is InChI=1S/C19H17ClN2O2/c1-13(12-14-6-4-5-11-21-14)22-19(23)18-10-9-17(24-18)15-7-2-3-8-16(15)20/h2-11,13H,12H2,1H3,(H,22,23)/t13-/m1/s1. The van der Waals surface area contributed by atoms with Crippen LogP contribution in [0.25, 0.3) is 11.3 Å². The molecule has 5 heteroatoms. The summed E-state index contributed by atoms with van der Waals surface area (Å²) >= 11 is 6.15. The summed E-state index contributed by atoms with van der Waals surface area (Å²) in [7, 11) is 0. The van der Waals surface area contributed by atoms with Crippen molar-refractivity contribution >= 4 is 17.5 Å². The molecule has 2 heterocycles. The van der Waals surface area contributed by atoms with Gasteiger partial charge in [-0.25, -0.2) is 0 Å². The predicted octanol–water partition coefficient (Wildman–Crippen LogP) is 4.36. The van der Waals surface area contributed by atoms with Gasteiger partial charge in [0.1, 0.15) is 5.76 Å². The number of furan rings is 1. The van der Waals surface area contributed by atoms with E-state index >= 15 is 0 Å². The third-order valence-corrected chi connectivity index (χ3v) is 3.92. The summed E-state index contributed by atoms with van der Waals surface area (Å²) in [6, 6.07) is 16.4. The SMILES string of the molecule is C[C@H](Cc1ccccn1)NC(=O)c1ccc(-c2ccccc2Cl)o1. The Morgan fingerprint density at radius 1 is 1.17 bits per heavy atom. The molecule has 1 atom stereocenters. The highest BCUT2D eigenvalue weighted by atomic mass is 35.5. The molecule has 0 bridgehead atoms. The minimum atomic E-state index is -0.253. The number of carbonyl (C=O) groups is 1. The number of nitrogens with one attached hydrogen (secondary N) is 1. The lowest BCUT2D eigenvalue weighted by Crippen LogP contribution is -2.34. The predicted molar refractivity (Wildman–Crippen MR) is 94.0 cm³/mol. The summed E-state index contributed by atoms with van der Waals surface area (Å²) in [5.41, 5.74) is 1.70. The lowest BCUT2D eigenvalue weighted by molar-refractivity contribution is 0.0913. The molecule has 0 radical (unpaired) electrons. The first-order valence-corrected chi connectivity index (χ1v) is 8.07. The van der Waals surface area contributed by atoms with Crippen molar-refractivity contribution in [2.75, 3.05) is 0 Å². The van der Waals surface area contributed by atoms with Gasteiger partial charge in [-0.3, -0.25) is 9.78 Å². The van der Waals surface area contributed by atoms with Crippen molar-refractivity contribution in [2.45, 2.75) is 19.4 Å². The van der Waals surface area contributed by atoms with E-state index in [1.54, 1.807) is 24.4 Å². The lowest BCUT2D eigenvalue weighted by Gasteiger charge is -2.12. The number of amides is 1. The van der Waals surface area contributed by atoms with E-state index in [-0.39, 0.29) is 17.7 Å². The zero-order valence-electron chi connectivity index (χ0n) is 13.2. The summed E-state index contributed by atoms with van der Waals surface area (Å²) in [6.45, 7) is 1.94. The first-order valence-electron chi connectivity index (χ1n) is 7.69. The van der Waals surface area contributed by atoms with E-state index in [4.69, 9.17) is 16.0 Å². The van der Waals surface area contributed by atoms with Crippen LogP contribution in [0.4, 0.5) is 0 Å². The molecule has 0 fully saturated rings. The van der Waals surface area contributed by atoms with Crippen LogP contribution in [0.2, 0.25) is 5.02 Å². The van der Waals surface area contributed by atoms with Crippen LogP contribution in [0.1, 0.15) is 23.2 Å². The number of aromatic nitrogens is 1. The molecule has 1 amide bonds. The van der Waals surface area contributed by atoms with E-state index in [1.165, 1.54) is 0 Å². The molecule has 3 rings (SSSR count). The van der Waals surface area contributed by atoms with E-state index in [0.717, 1.165) is 11.3 Å². The number of nitrogens with zero attached hydrogens (tertiary/aromatic N) is 1. The Labute approximate surface area is 145 Å². The van der Waals surface area contributed by atoms with Crippen LogP contribution in [0.3, 0.4) is 0 Å². The van der Waals surface area contributed by atoms with Crippen LogP contribution in [-0.2, 0) is 6.42 Å². The Morgan fingerprint density at radius 2 is 1.96 bits per heavy atom. The molecule has 0 unspecified atom stereocenters. The van der Waals surface area contributed by atoms with Gasteiger partial charge >= 0.3 is 0 Å². The van der Waals surface area contributed by atoms with Gasteiger partial charge in [0.2, 0.25) is 0 Å². The summed E-state index contributed by atoms with van der Waals surface area (Å²) < 4.78 is 5.65. The molecule has 24 heavy (non-hydrogen) atoms. The smallest absolute Gasteiger partial charge is 0.287 e. The largest absolute Gasteiger partial charge is 0.451 e. The molecule has 4 nitrogen and oxygen atoms in total. The molecule has 0 aliphatic carbocycles. The molecule has 0 saturated carbocycles. The number of hydrogen-bond donors (Lipinski definition) is 1. The minimum Gasteiger partial charge on any atom is -0.451 e. The molecular weight excluding hydrogens is 324 g/mol. The number of hydrogen-bond acceptors (Lipinski definition) is 3. The topological polar surface area (TPSA) is 55.1 Å². The molecular formula is C19H17ClN2O2. The molecule has 1 aromatic carbocycles. The molecule has 3 aromatic rings. The summed E-state index contributed by atoms with van der Waals surface area (Å²) in [6.07, 6.45) is 2.40. The van der Waals surface area contributed by atoms with Crippen LogP contribution in [-0.4, -0.2) is 16.9 Å². The van der Waals surface area contributed by atoms with Crippen molar-refractivity contribution in [1.82, 2.24) is 10.3 Å². The maximum atomic E-state index is 12.3. The van der Waals surface area contributed by atoms with Crippen molar-refractivity contribution in [1.29, 1.82) is 0 Å². The van der Waals surface area contributed by atoms with Gasteiger partial charge in [-0.1, -0.05) is 29.8 Å². The van der Waals surface area contributed by atoms with Crippen molar-refractivity contribution in [3.8, 4) is 11.3 Å². The zero-order chi connectivity index (χ0) is 16.9. The van der Waals surface area contributed by atoms with Crippen LogP contribution >= 0.6 is 11.6 Å². The highest BCUT2D eigenvalue weighted by Crippen LogP contribution is 2.29. The van der Waals surface area contributed by atoms with Gasteiger partial charge in [0.15, 0.2) is 5.76 Å². The Bertz CT molecular complexity index is 830. The van der Waals surface area contributed by atoms with Crippen LogP contribution in [0.15, 0.2) is 65.2 Å². The number of pyridine rings is 1. The zero-order valence-corrected chi connectivity index (χ0v) is 14.0. The summed E-state index contributed by atoms with van der Waals surface area (Å²) in [5.74, 6) is 0.581. The third-order valence-electron chi connectivity index (χ3n) is 3.59. The van der Waals surface area contributed by atoms with Crippen molar-refractivity contribution < 1.29 is 9.21 Å². The van der Waals surface area contributed by atoms with Gasteiger partial charge in [-0.15, -0.1) is 0 Å². The summed E-state index contributed by atoms with van der Waals surface area (Å²) in [4.78, 5) is 16.6. The second-order valence-corrected chi connectivity index (χ2v) is 5.95. The monoisotopic (exact) mass is 340 g/mol. The average molecular weight is 341 g/mol. The van der Waals surface area contributed by atoms with Gasteiger partial charge in [0, 0.05) is 29.9 Å². The quantitative estimate of drug-likeness (QED) is 0.751. The van der Waals surface area contributed by atoms with E-state index in [1.807, 2.05) is 43.3 Å². The number of benzene rings is 1. The van der Waals surface area contributed by atoms with Gasteiger partial charge < -0.3 is 9.73 Å². The Balaban J connectivity index is 1.67. The molecule has 0 spiro atoms. The minimum absolute atomic E-state index is 0.0544. The second kappa shape index (κ2) is 7.32. The lowest BCUT2D eigenvalue weighted by atomic mass is 10.1. The first-order chi connectivity index (χ1) is 11.6. The summed E-state index contributed by atoms with van der Waals surface area (Å²) in [5, 5.41) is 3.50. The first kappa shape index (κ1) is 16.3. The van der Waals surface area contributed by atoms with Crippen molar-refractivity contribution in [2.24, 2.45) is 0 Å². The van der Waals surface area contributed by atoms with E-state index < -0.39 is 0 Å². The molecule has 0 aliphatic heterocycles. The number of carbonyl (C=O) groups excluding carboxylic acids is 1. The fraction of sp³-hybridized carbons (Fsp3) is 0.158.